The van der Waals surface area contributed by atoms with E-state index in [4.69, 9.17) is 9.97 Å². The third-order valence-electron chi connectivity index (χ3n) is 9.02. The van der Waals surface area contributed by atoms with Crippen LogP contribution in [0.3, 0.4) is 0 Å². The molecule has 0 unspecified atom stereocenters. The first-order chi connectivity index (χ1) is 24.3. The van der Waals surface area contributed by atoms with E-state index in [9.17, 15) is 0 Å². The second kappa shape index (κ2) is 21.3. The molecule has 50 heavy (non-hydrogen) atoms. The van der Waals surface area contributed by atoms with Crippen LogP contribution in [0.1, 0.15) is 71.1 Å². The number of hydrogen-bond donors (Lipinski definition) is 2. The molecule has 2 N–H and O–H groups in total. The van der Waals surface area contributed by atoms with Gasteiger partial charge in [0.25, 0.3) is 0 Å². The Morgan fingerprint density at radius 1 is 0.940 bits per heavy atom. The lowest BCUT2D eigenvalue weighted by Gasteiger charge is -2.37. The lowest BCUT2D eigenvalue weighted by Crippen LogP contribution is -2.49. The van der Waals surface area contributed by atoms with Gasteiger partial charge in [-0.2, -0.15) is 5.10 Å². The van der Waals surface area contributed by atoms with Crippen LogP contribution < -0.4 is 10.2 Å². The number of nitrogens with one attached hydrogen (secondary N) is 2. The molecule has 0 aliphatic carbocycles. The molecular formula is C40H60N8S2. The second-order valence-electron chi connectivity index (χ2n) is 13.5. The van der Waals surface area contributed by atoms with Gasteiger partial charge in [0, 0.05) is 72.1 Å². The molecule has 1 aromatic carbocycles. The molecule has 3 aromatic rings. The van der Waals surface area contributed by atoms with Gasteiger partial charge in [-0.1, -0.05) is 78.3 Å². The SMILES string of the molecule is C=C/C=C(\C=C)CSc1ccc(Sc2nc(Nc3cc(C)[nH]n3)c(CC)c(N3CCN(CCN4CCCCC4)CC3)n2)cc1.CCCC(C)C. The minimum atomic E-state index is 0.739. The Hall–Kier alpha value is -3.05. The van der Waals surface area contributed by atoms with Crippen LogP contribution in [-0.2, 0) is 6.42 Å². The summed E-state index contributed by atoms with van der Waals surface area (Å²) in [5.74, 6) is 4.40. The van der Waals surface area contributed by atoms with Crippen LogP contribution in [0.2, 0.25) is 0 Å². The highest BCUT2D eigenvalue weighted by molar-refractivity contribution is 7.99. The van der Waals surface area contributed by atoms with Crippen molar-refractivity contribution >= 4 is 41.0 Å². The van der Waals surface area contributed by atoms with E-state index < -0.39 is 0 Å². The zero-order chi connectivity index (χ0) is 35.7. The molecule has 2 fully saturated rings. The van der Waals surface area contributed by atoms with Gasteiger partial charge in [-0.25, -0.2) is 9.97 Å². The molecule has 0 saturated carbocycles. The minimum Gasteiger partial charge on any atom is -0.354 e. The van der Waals surface area contributed by atoms with E-state index in [-0.39, 0.29) is 0 Å². The van der Waals surface area contributed by atoms with Crippen molar-refractivity contribution in [1.29, 1.82) is 0 Å². The fourth-order valence-electron chi connectivity index (χ4n) is 6.22. The van der Waals surface area contributed by atoms with Crippen molar-refractivity contribution in [3.63, 3.8) is 0 Å². The number of nitrogens with zero attached hydrogens (tertiary/aromatic N) is 6. The Bertz CT molecular complexity index is 1490. The number of benzene rings is 1. The van der Waals surface area contributed by atoms with Gasteiger partial charge in [0.2, 0.25) is 0 Å². The number of allylic oxidation sites excluding steroid dienone is 3. The van der Waals surface area contributed by atoms with Crippen molar-refractivity contribution in [1.82, 2.24) is 30.0 Å². The Morgan fingerprint density at radius 2 is 1.62 bits per heavy atom. The summed E-state index contributed by atoms with van der Waals surface area (Å²) in [5, 5.41) is 11.7. The fraction of sp³-hybridized carbons (Fsp3) is 0.525. The average Bonchev–Trinajstić information content (AvgIpc) is 3.54. The Balaban J connectivity index is 0.000000860. The number of likely N-dealkylation sites (tertiary alicyclic amines) is 1. The van der Waals surface area contributed by atoms with Gasteiger partial charge in [0.1, 0.15) is 11.6 Å². The summed E-state index contributed by atoms with van der Waals surface area (Å²) in [7, 11) is 0. The van der Waals surface area contributed by atoms with Crippen molar-refractivity contribution in [3.05, 3.63) is 78.5 Å². The van der Waals surface area contributed by atoms with E-state index in [2.05, 4.69) is 95.3 Å². The molecule has 2 saturated heterocycles. The molecule has 10 heteroatoms. The molecule has 0 bridgehead atoms. The maximum Gasteiger partial charge on any atom is 0.196 e. The first-order valence-corrected chi connectivity index (χ1v) is 20.4. The number of thioether (sulfide) groups is 1. The second-order valence-corrected chi connectivity index (χ2v) is 15.6. The minimum absolute atomic E-state index is 0.739. The first kappa shape index (κ1) is 39.7. The van der Waals surface area contributed by atoms with E-state index in [0.717, 1.165) is 95.2 Å². The lowest BCUT2D eigenvalue weighted by molar-refractivity contribution is 0.176. The van der Waals surface area contributed by atoms with Crippen LogP contribution in [0.4, 0.5) is 17.5 Å². The Kier molecular flexibility index (Phi) is 17.0. The molecule has 8 nitrogen and oxygen atoms in total. The summed E-state index contributed by atoms with van der Waals surface area (Å²) < 4.78 is 0. The predicted molar refractivity (Wildman–Crippen MR) is 216 cm³/mol. The van der Waals surface area contributed by atoms with E-state index in [1.54, 1.807) is 23.5 Å². The fourth-order valence-corrected chi connectivity index (χ4v) is 7.85. The molecule has 5 rings (SSSR count). The highest BCUT2D eigenvalue weighted by Gasteiger charge is 2.24. The summed E-state index contributed by atoms with van der Waals surface area (Å²) in [6, 6.07) is 10.6. The molecule has 0 atom stereocenters. The maximum absolute atomic E-state index is 5.18. The number of hydrogen-bond acceptors (Lipinski definition) is 9. The standard InChI is InChI=1S/C34H46N8S2.C6H14/c1-5-11-27(6-2)25-43-28-12-14-29(15-13-28)44-34-36-32(35-31-24-26(4)38-39-31)30(7-3)33(37-34)42-22-20-41(21-23-42)19-18-40-16-9-8-10-17-40;1-4-5-6(2)3/h5-6,11-15,24H,1-2,7-10,16-23,25H2,3-4H3,(H2,35,36,37,38,39);6H,4-5H2,1-3H3/b27-11+;. The van der Waals surface area contributed by atoms with Gasteiger partial charge in [0.15, 0.2) is 11.0 Å². The Morgan fingerprint density at radius 3 is 2.18 bits per heavy atom. The number of aromatic amines is 1. The zero-order valence-electron chi connectivity index (χ0n) is 31.2. The zero-order valence-corrected chi connectivity index (χ0v) is 32.8. The van der Waals surface area contributed by atoms with Gasteiger partial charge in [-0.15, -0.1) is 11.8 Å². The van der Waals surface area contributed by atoms with E-state index in [1.807, 2.05) is 31.2 Å². The average molecular weight is 717 g/mol. The largest absolute Gasteiger partial charge is 0.354 e. The van der Waals surface area contributed by atoms with E-state index in [0.29, 0.717) is 0 Å². The molecule has 0 amide bonds. The van der Waals surface area contributed by atoms with Gasteiger partial charge in [-0.3, -0.25) is 10.00 Å². The van der Waals surface area contributed by atoms with Crippen molar-refractivity contribution in [2.24, 2.45) is 5.92 Å². The van der Waals surface area contributed by atoms with Crippen LogP contribution in [0.5, 0.6) is 0 Å². The number of aromatic nitrogens is 4. The van der Waals surface area contributed by atoms with Crippen molar-refractivity contribution in [3.8, 4) is 0 Å². The quantitative estimate of drug-likeness (QED) is 0.0857. The van der Waals surface area contributed by atoms with Gasteiger partial charge in [0.05, 0.1) is 0 Å². The highest BCUT2D eigenvalue weighted by atomic mass is 32.2. The van der Waals surface area contributed by atoms with Gasteiger partial charge >= 0.3 is 0 Å². The molecule has 4 heterocycles. The first-order valence-electron chi connectivity index (χ1n) is 18.6. The smallest absolute Gasteiger partial charge is 0.196 e. The summed E-state index contributed by atoms with van der Waals surface area (Å²) in [6.07, 6.45) is 13.3. The van der Waals surface area contributed by atoms with Crippen molar-refractivity contribution in [2.45, 2.75) is 88.1 Å². The van der Waals surface area contributed by atoms with Crippen LogP contribution in [0.15, 0.2) is 82.2 Å². The third-order valence-corrected chi connectivity index (χ3v) is 11.0. The maximum atomic E-state index is 5.18. The summed E-state index contributed by atoms with van der Waals surface area (Å²) in [6.45, 7) is 27.5. The molecule has 0 radical (unpaired) electrons. The van der Waals surface area contributed by atoms with Crippen LogP contribution >= 0.6 is 23.5 Å². The van der Waals surface area contributed by atoms with Crippen LogP contribution in [-0.4, -0.2) is 88.1 Å². The number of piperazine rings is 1. The monoisotopic (exact) mass is 716 g/mol. The van der Waals surface area contributed by atoms with Crippen molar-refractivity contribution < 1.29 is 0 Å². The van der Waals surface area contributed by atoms with Crippen LogP contribution in [0.25, 0.3) is 0 Å². The topological polar surface area (TPSA) is 76.2 Å². The Labute approximate surface area is 310 Å². The molecule has 0 spiro atoms. The van der Waals surface area contributed by atoms with E-state index in [1.165, 1.54) is 56.6 Å². The number of anilines is 3. The number of aryl methyl sites for hydroxylation is 1. The molecule has 272 valence electrons. The van der Waals surface area contributed by atoms with Gasteiger partial charge < -0.3 is 15.1 Å². The highest BCUT2D eigenvalue weighted by Crippen LogP contribution is 2.34. The lowest BCUT2D eigenvalue weighted by atomic mass is 10.1. The van der Waals surface area contributed by atoms with Crippen molar-refractivity contribution in [2.75, 3.05) is 68.3 Å². The molecular weight excluding hydrogens is 657 g/mol. The molecule has 2 aromatic heterocycles. The summed E-state index contributed by atoms with van der Waals surface area (Å²) in [4.78, 5) is 20.2. The normalized spacial score (nSPS) is 15.9. The number of rotatable bonds is 16. The third kappa shape index (κ3) is 12.9. The number of H-pyrrole nitrogens is 1. The summed E-state index contributed by atoms with van der Waals surface area (Å²) >= 11 is 3.39. The number of piperidine rings is 1. The predicted octanol–water partition coefficient (Wildman–Crippen LogP) is 9.41. The van der Waals surface area contributed by atoms with E-state index >= 15 is 0 Å². The molecule has 2 aliphatic heterocycles. The van der Waals surface area contributed by atoms with Gasteiger partial charge in [-0.05, 0) is 86.8 Å². The molecule has 2 aliphatic rings. The van der Waals surface area contributed by atoms with Crippen LogP contribution in [0, 0.1) is 12.8 Å². The summed E-state index contributed by atoms with van der Waals surface area (Å²) in [5.41, 5.74) is 3.30.